The highest BCUT2D eigenvalue weighted by atomic mass is 16.5. The van der Waals surface area contributed by atoms with Crippen molar-refractivity contribution in [3.05, 3.63) is 29.8 Å². The highest BCUT2D eigenvalue weighted by Crippen LogP contribution is 2.35. The predicted molar refractivity (Wildman–Crippen MR) is 87.6 cm³/mol. The number of nitrogens with zero attached hydrogens (tertiary/aromatic N) is 1. The number of rotatable bonds is 4. The van der Waals surface area contributed by atoms with Gasteiger partial charge in [0.15, 0.2) is 5.96 Å². The highest BCUT2D eigenvalue weighted by Gasteiger charge is 2.34. The van der Waals surface area contributed by atoms with E-state index in [0.717, 1.165) is 63.8 Å². The second-order valence-electron chi connectivity index (χ2n) is 5.99. The summed E-state index contributed by atoms with van der Waals surface area (Å²) in [6.45, 7) is 4.42. The van der Waals surface area contributed by atoms with Gasteiger partial charge in [0.2, 0.25) is 0 Å². The maximum Gasteiger partial charge on any atom is 0.191 e. The summed E-state index contributed by atoms with van der Waals surface area (Å²) in [7, 11) is 1.70. The predicted octanol–water partition coefficient (Wildman–Crippen LogP) is 1.68. The zero-order chi connectivity index (χ0) is 15.3. The van der Waals surface area contributed by atoms with Crippen LogP contribution < -0.4 is 15.4 Å². The summed E-state index contributed by atoms with van der Waals surface area (Å²) < 4.78 is 10.9. The number of methoxy groups -OCH3 is 1. The van der Waals surface area contributed by atoms with Crippen LogP contribution in [0.25, 0.3) is 0 Å². The highest BCUT2D eigenvalue weighted by molar-refractivity contribution is 5.80. The zero-order valence-electron chi connectivity index (χ0n) is 13.2. The number of aliphatic imine (C=N–C) groups is 1. The van der Waals surface area contributed by atoms with Crippen LogP contribution in [-0.4, -0.2) is 45.9 Å². The first-order valence-electron chi connectivity index (χ1n) is 8.07. The second kappa shape index (κ2) is 7.01. The third-order valence-corrected chi connectivity index (χ3v) is 4.64. The summed E-state index contributed by atoms with van der Waals surface area (Å²) in [6, 6.07) is 8.45. The summed E-state index contributed by atoms with van der Waals surface area (Å²) in [5.74, 6) is 1.84. The van der Waals surface area contributed by atoms with E-state index in [0.29, 0.717) is 0 Å². The lowest BCUT2D eigenvalue weighted by molar-refractivity contribution is 0.0513. The molecule has 3 rings (SSSR count). The fraction of sp³-hybridized carbons (Fsp3) is 0.588. The van der Waals surface area contributed by atoms with Gasteiger partial charge in [-0.3, -0.25) is 4.99 Å². The van der Waals surface area contributed by atoms with Gasteiger partial charge < -0.3 is 20.1 Å². The molecule has 2 N–H and O–H groups in total. The van der Waals surface area contributed by atoms with E-state index in [2.05, 4.69) is 27.8 Å². The van der Waals surface area contributed by atoms with E-state index >= 15 is 0 Å². The molecule has 0 spiro atoms. The standard InChI is InChI=1S/C17H25N3O2/c1-21-15-5-3-14(4-6-15)17(7-11-22-12-8-17)13-20-16-18-9-2-10-19-16/h3-6H,2,7-13H2,1H3,(H2,18,19,20). The van der Waals surface area contributed by atoms with E-state index in [1.165, 1.54) is 5.56 Å². The minimum atomic E-state index is 0.103. The van der Waals surface area contributed by atoms with Gasteiger partial charge in [-0.15, -0.1) is 0 Å². The monoisotopic (exact) mass is 303 g/mol. The van der Waals surface area contributed by atoms with Crippen molar-refractivity contribution in [2.75, 3.05) is 40.0 Å². The van der Waals surface area contributed by atoms with Gasteiger partial charge in [-0.25, -0.2) is 0 Å². The second-order valence-corrected chi connectivity index (χ2v) is 5.99. The lowest BCUT2D eigenvalue weighted by Crippen LogP contribution is -2.49. The minimum Gasteiger partial charge on any atom is -0.497 e. The summed E-state index contributed by atoms with van der Waals surface area (Å²) in [5.41, 5.74) is 1.45. The van der Waals surface area contributed by atoms with Gasteiger partial charge in [0.05, 0.1) is 7.11 Å². The Hall–Kier alpha value is -1.75. The minimum absolute atomic E-state index is 0.103. The van der Waals surface area contributed by atoms with Crippen molar-refractivity contribution in [3.8, 4) is 5.75 Å². The van der Waals surface area contributed by atoms with Crippen molar-refractivity contribution in [1.82, 2.24) is 10.6 Å². The van der Waals surface area contributed by atoms with Crippen LogP contribution in [0.2, 0.25) is 0 Å². The van der Waals surface area contributed by atoms with Crippen molar-refractivity contribution >= 4 is 5.96 Å². The molecule has 0 bridgehead atoms. The van der Waals surface area contributed by atoms with Crippen LogP contribution in [0.5, 0.6) is 5.75 Å². The molecule has 0 atom stereocenters. The Morgan fingerprint density at radius 1 is 1.27 bits per heavy atom. The quantitative estimate of drug-likeness (QED) is 0.888. The molecule has 22 heavy (non-hydrogen) atoms. The molecule has 0 amide bonds. The van der Waals surface area contributed by atoms with Gasteiger partial charge in [0, 0.05) is 38.3 Å². The van der Waals surface area contributed by atoms with E-state index in [-0.39, 0.29) is 5.41 Å². The molecule has 2 heterocycles. The molecule has 2 aliphatic heterocycles. The Kier molecular flexibility index (Phi) is 4.83. The van der Waals surface area contributed by atoms with E-state index < -0.39 is 0 Å². The van der Waals surface area contributed by atoms with E-state index in [1.807, 2.05) is 12.1 Å². The largest absolute Gasteiger partial charge is 0.497 e. The van der Waals surface area contributed by atoms with Gasteiger partial charge in [0.25, 0.3) is 0 Å². The Bertz CT molecular complexity index is 507. The number of nitrogens with one attached hydrogen (secondary N) is 2. The average molecular weight is 303 g/mol. The number of benzene rings is 1. The third kappa shape index (κ3) is 3.35. The van der Waals surface area contributed by atoms with Crippen LogP contribution in [0.3, 0.4) is 0 Å². The van der Waals surface area contributed by atoms with Crippen LogP contribution in [-0.2, 0) is 10.2 Å². The fourth-order valence-electron chi connectivity index (χ4n) is 3.18. The maximum absolute atomic E-state index is 5.58. The molecule has 1 aromatic rings. The maximum atomic E-state index is 5.58. The Morgan fingerprint density at radius 2 is 2.05 bits per heavy atom. The zero-order valence-corrected chi connectivity index (χ0v) is 13.2. The Labute approximate surface area is 132 Å². The van der Waals surface area contributed by atoms with Crippen molar-refractivity contribution < 1.29 is 9.47 Å². The van der Waals surface area contributed by atoms with Crippen LogP contribution >= 0.6 is 0 Å². The molecule has 0 aliphatic carbocycles. The molecule has 1 aromatic carbocycles. The van der Waals surface area contributed by atoms with Gasteiger partial charge in [-0.05, 0) is 37.0 Å². The Balaban J connectivity index is 1.75. The van der Waals surface area contributed by atoms with Gasteiger partial charge >= 0.3 is 0 Å². The van der Waals surface area contributed by atoms with Crippen molar-refractivity contribution in [2.45, 2.75) is 24.7 Å². The Morgan fingerprint density at radius 3 is 2.68 bits per heavy atom. The normalized spacial score (nSPS) is 20.7. The SMILES string of the molecule is COc1ccc(C2(CNC3=NCCCN3)CCOCC2)cc1. The number of ether oxygens (including phenoxy) is 2. The molecule has 120 valence electrons. The molecule has 0 radical (unpaired) electrons. The van der Waals surface area contributed by atoms with Crippen molar-refractivity contribution in [3.63, 3.8) is 0 Å². The molecule has 2 aliphatic rings. The van der Waals surface area contributed by atoms with E-state index in [1.54, 1.807) is 7.11 Å². The first-order chi connectivity index (χ1) is 10.8. The number of hydrogen-bond donors (Lipinski definition) is 2. The molecule has 1 saturated heterocycles. The smallest absolute Gasteiger partial charge is 0.191 e. The summed E-state index contributed by atoms with van der Waals surface area (Å²) in [4.78, 5) is 4.51. The topological polar surface area (TPSA) is 54.9 Å². The van der Waals surface area contributed by atoms with E-state index in [9.17, 15) is 0 Å². The first kappa shape index (κ1) is 15.2. The lowest BCUT2D eigenvalue weighted by Gasteiger charge is -2.38. The molecule has 0 unspecified atom stereocenters. The molecule has 5 heteroatoms. The van der Waals surface area contributed by atoms with Crippen LogP contribution in [0.4, 0.5) is 0 Å². The van der Waals surface area contributed by atoms with Crippen molar-refractivity contribution in [2.24, 2.45) is 4.99 Å². The number of guanidine groups is 1. The third-order valence-electron chi connectivity index (χ3n) is 4.64. The van der Waals surface area contributed by atoms with Crippen molar-refractivity contribution in [1.29, 1.82) is 0 Å². The molecule has 0 saturated carbocycles. The van der Waals surface area contributed by atoms with E-state index in [4.69, 9.17) is 9.47 Å². The van der Waals surface area contributed by atoms with Crippen LogP contribution in [0, 0.1) is 0 Å². The van der Waals surface area contributed by atoms with Crippen LogP contribution in [0.15, 0.2) is 29.3 Å². The van der Waals surface area contributed by atoms with Gasteiger partial charge in [-0.1, -0.05) is 12.1 Å². The first-order valence-corrected chi connectivity index (χ1v) is 8.07. The lowest BCUT2D eigenvalue weighted by atomic mass is 9.74. The summed E-state index contributed by atoms with van der Waals surface area (Å²) in [6.07, 6.45) is 3.17. The molecular formula is C17H25N3O2. The molecule has 5 nitrogen and oxygen atoms in total. The summed E-state index contributed by atoms with van der Waals surface area (Å²) >= 11 is 0. The summed E-state index contributed by atoms with van der Waals surface area (Å²) in [5, 5.41) is 6.84. The number of hydrogen-bond acceptors (Lipinski definition) is 5. The van der Waals surface area contributed by atoms with Gasteiger partial charge in [-0.2, -0.15) is 0 Å². The average Bonchev–Trinajstić information content (AvgIpc) is 2.62. The fourth-order valence-corrected chi connectivity index (χ4v) is 3.18. The molecule has 0 aromatic heterocycles. The molecule has 1 fully saturated rings. The van der Waals surface area contributed by atoms with Crippen LogP contribution in [0.1, 0.15) is 24.8 Å². The molecular weight excluding hydrogens is 278 g/mol. The van der Waals surface area contributed by atoms with Gasteiger partial charge in [0.1, 0.15) is 5.75 Å².